The van der Waals surface area contributed by atoms with Crippen LogP contribution in [0.3, 0.4) is 0 Å². The lowest BCUT2D eigenvalue weighted by Crippen LogP contribution is -2.43. The standard InChI is InChI=1S/C24H33NO5/c1-17-4-8-19(9-5-17)20-10-6-18(7-11-20)16-30-13-3-2-12-25-14-21(26)23(28)24(29)22(27)15-25/h4-11,21-24,26-29H,2-3,12-16H2,1H3/t21-,22-,23+,24+/m0/s1. The molecule has 1 heterocycles. The second kappa shape index (κ2) is 11.0. The number of ether oxygens (including phenoxy) is 1. The maximum absolute atomic E-state index is 9.90. The second-order valence-corrected chi connectivity index (χ2v) is 8.20. The van der Waals surface area contributed by atoms with Crippen LogP contribution in [0.25, 0.3) is 11.1 Å². The third-order valence-corrected chi connectivity index (χ3v) is 5.65. The third kappa shape index (κ3) is 6.35. The maximum Gasteiger partial charge on any atom is 0.110 e. The summed E-state index contributed by atoms with van der Waals surface area (Å²) in [6, 6.07) is 16.9. The van der Waals surface area contributed by atoms with Gasteiger partial charge in [-0.15, -0.1) is 0 Å². The summed E-state index contributed by atoms with van der Waals surface area (Å²) in [6.45, 7) is 4.42. The van der Waals surface area contributed by atoms with E-state index in [1.807, 2.05) is 4.90 Å². The molecule has 164 valence electrons. The van der Waals surface area contributed by atoms with Crippen molar-refractivity contribution < 1.29 is 25.2 Å². The lowest BCUT2D eigenvalue weighted by atomic mass is 10.0. The Morgan fingerprint density at radius 2 is 1.33 bits per heavy atom. The number of unbranched alkanes of at least 4 members (excludes halogenated alkanes) is 1. The molecule has 30 heavy (non-hydrogen) atoms. The Morgan fingerprint density at radius 3 is 1.90 bits per heavy atom. The van der Waals surface area contributed by atoms with Gasteiger partial charge in [0, 0.05) is 19.7 Å². The highest BCUT2D eigenvalue weighted by atomic mass is 16.5. The van der Waals surface area contributed by atoms with Gasteiger partial charge in [-0.25, -0.2) is 0 Å². The number of β-amino-alcohol motifs (C(OH)–C–C–N with tert-alkyl or cyclic N) is 2. The van der Waals surface area contributed by atoms with Gasteiger partial charge in [-0.2, -0.15) is 0 Å². The van der Waals surface area contributed by atoms with Crippen LogP contribution in [0.4, 0.5) is 0 Å². The van der Waals surface area contributed by atoms with Gasteiger partial charge in [0.1, 0.15) is 12.2 Å². The molecule has 0 amide bonds. The van der Waals surface area contributed by atoms with Crippen molar-refractivity contribution in [2.45, 2.75) is 50.8 Å². The lowest BCUT2D eigenvalue weighted by Gasteiger charge is -2.23. The highest BCUT2D eigenvalue weighted by molar-refractivity contribution is 5.63. The number of nitrogens with zero attached hydrogens (tertiary/aromatic N) is 1. The molecule has 0 aliphatic carbocycles. The van der Waals surface area contributed by atoms with Gasteiger partial charge in [0.15, 0.2) is 0 Å². The summed E-state index contributed by atoms with van der Waals surface area (Å²) in [7, 11) is 0. The first-order chi connectivity index (χ1) is 14.4. The summed E-state index contributed by atoms with van der Waals surface area (Å²) < 4.78 is 5.77. The quantitative estimate of drug-likeness (QED) is 0.491. The minimum Gasteiger partial charge on any atom is -0.389 e. The molecule has 0 saturated carbocycles. The molecule has 0 unspecified atom stereocenters. The molecule has 3 rings (SSSR count). The first-order valence-corrected chi connectivity index (χ1v) is 10.6. The fraction of sp³-hybridized carbons (Fsp3) is 0.500. The number of hydrogen-bond donors (Lipinski definition) is 4. The highest BCUT2D eigenvalue weighted by Gasteiger charge is 2.35. The summed E-state index contributed by atoms with van der Waals surface area (Å²) in [6.07, 6.45) is -3.04. The Balaban J connectivity index is 1.35. The van der Waals surface area contributed by atoms with Crippen LogP contribution in [-0.2, 0) is 11.3 Å². The van der Waals surface area contributed by atoms with Crippen molar-refractivity contribution in [1.82, 2.24) is 4.90 Å². The average Bonchev–Trinajstić information content (AvgIpc) is 2.83. The molecule has 4 atom stereocenters. The average molecular weight is 416 g/mol. The zero-order valence-corrected chi connectivity index (χ0v) is 17.5. The molecule has 0 bridgehead atoms. The molecule has 1 aliphatic rings. The molecule has 6 nitrogen and oxygen atoms in total. The van der Waals surface area contributed by atoms with Gasteiger partial charge in [-0.3, -0.25) is 4.90 Å². The fourth-order valence-corrected chi connectivity index (χ4v) is 3.73. The van der Waals surface area contributed by atoms with Gasteiger partial charge in [-0.1, -0.05) is 54.1 Å². The molecule has 1 fully saturated rings. The molecule has 0 aromatic heterocycles. The van der Waals surface area contributed by atoms with Crippen LogP contribution in [0.1, 0.15) is 24.0 Å². The Bertz CT molecular complexity index is 748. The largest absolute Gasteiger partial charge is 0.389 e. The van der Waals surface area contributed by atoms with Crippen molar-refractivity contribution >= 4 is 0 Å². The number of aryl methyl sites for hydroxylation is 1. The van der Waals surface area contributed by atoms with Crippen molar-refractivity contribution in [3.8, 4) is 11.1 Å². The predicted molar refractivity (Wildman–Crippen MR) is 116 cm³/mol. The van der Waals surface area contributed by atoms with E-state index >= 15 is 0 Å². The third-order valence-electron chi connectivity index (χ3n) is 5.65. The zero-order valence-electron chi connectivity index (χ0n) is 17.5. The van der Waals surface area contributed by atoms with E-state index in [0.717, 1.165) is 18.4 Å². The van der Waals surface area contributed by atoms with Crippen LogP contribution in [0, 0.1) is 6.92 Å². The second-order valence-electron chi connectivity index (χ2n) is 8.20. The first-order valence-electron chi connectivity index (χ1n) is 10.6. The number of aliphatic hydroxyl groups is 4. The van der Waals surface area contributed by atoms with Gasteiger partial charge in [0.05, 0.1) is 18.8 Å². The van der Waals surface area contributed by atoms with Gasteiger partial charge >= 0.3 is 0 Å². The number of hydrogen-bond acceptors (Lipinski definition) is 6. The van der Waals surface area contributed by atoms with Crippen LogP contribution in [0.5, 0.6) is 0 Å². The van der Waals surface area contributed by atoms with Crippen molar-refractivity contribution in [2.75, 3.05) is 26.2 Å². The molecule has 6 heteroatoms. The summed E-state index contributed by atoms with van der Waals surface area (Å²) in [4.78, 5) is 1.87. The molecular formula is C24H33NO5. The molecule has 2 aromatic rings. The van der Waals surface area contributed by atoms with Gasteiger partial charge in [0.2, 0.25) is 0 Å². The number of aliphatic hydroxyl groups excluding tert-OH is 4. The van der Waals surface area contributed by atoms with Crippen LogP contribution >= 0.6 is 0 Å². The van der Waals surface area contributed by atoms with Crippen LogP contribution in [0.15, 0.2) is 48.5 Å². The highest BCUT2D eigenvalue weighted by Crippen LogP contribution is 2.20. The SMILES string of the molecule is Cc1ccc(-c2ccc(COCCCCN3C[C@H](O)[C@@H](O)[C@H](O)[C@@H](O)C3)cc2)cc1. The van der Waals surface area contributed by atoms with E-state index in [2.05, 4.69) is 55.5 Å². The van der Waals surface area contributed by atoms with E-state index in [9.17, 15) is 20.4 Å². The van der Waals surface area contributed by atoms with Crippen molar-refractivity contribution in [2.24, 2.45) is 0 Å². The number of rotatable bonds is 8. The monoisotopic (exact) mass is 415 g/mol. The summed E-state index contributed by atoms with van der Waals surface area (Å²) in [5.41, 5.74) is 4.78. The van der Waals surface area contributed by atoms with Crippen LogP contribution in [0.2, 0.25) is 0 Å². The Morgan fingerprint density at radius 1 is 0.800 bits per heavy atom. The summed E-state index contributed by atoms with van der Waals surface area (Å²) in [5, 5.41) is 39.3. The number of likely N-dealkylation sites (tertiary alicyclic amines) is 1. The lowest BCUT2D eigenvalue weighted by molar-refractivity contribution is -0.0894. The zero-order chi connectivity index (χ0) is 21.5. The topological polar surface area (TPSA) is 93.4 Å². The maximum atomic E-state index is 9.90. The normalized spacial score (nSPS) is 25.2. The van der Waals surface area contributed by atoms with E-state index in [4.69, 9.17) is 4.74 Å². The van der Waals surface area contributed by atoms with E-state index in [1.165, 1.54) is 16.7 Å². The van der Waals surface area contributed by atoms with Gasteiger partial charge < -0.3 is 25.2 Å². The van der Waals surface area contributed by atoms with Crippen molar-refractivity contribution in [3.63, 3.8) is 0 Å². The smallest absolute Gasteiger partial charge is 0.110 e. The molecule has 1 saturated heterocycles. The summed E-state index contributed by atoms with van der Waals surface area (Å²) >= 11 is 0. The Labute approximate surface area is 178 Å². The summed E-state index contributed by atoms with van der Waals surface area (Å²) in [5.74, 6) is 0. The van der Waals surface area contributed by atoms with E-state index in [1.54, 1.807) is 0 Å². The van der Waals surface area contributed by atoms with Crippen LogP contribution < -0.4 is 0 Å². The molecule has 0 spiro atoms. The molecule has 2 aromatic carbocycles. The van der Waals surface area contributed by atoms with Crippen LogP contribution in [-0.4, -0.2) is 76.0 Å². The first kappa shape index (κ1) is 22.9. The van der Waals surface area contributed by atoms with Crippen molar-refractivity contribution in [3.05, 3.63) is 59.7 Å². The van der Waals surface area contributed by atoms with Gasteiger partial charge in [-0.05, 0) is 43.0 Å². The fourth-order valence-electron chi connectivity index (χ4n) is 3.73. The van der Waals surface area contributed by atoms with E-state index < -0.39 is 24.4 Å². The Hall–Kier alpha value is -1.80. The molecule has 0 radical (unpaired) electrons. The minimum absolute atomic E-state index is 0.240. The number of benzene rings is 2. The molecular weight excluding hydrogens is 382 g/mol. The minimum atomic E-state index is -1.31. The Kier molecular flexibility index (Phi) is 8.39. The van der Waals surface area contributed by atoms with E-state index in [-0.39, 0.29) is 13.1 Å². The van der Waals surface area contributed by atoms with E-state index in [0.29, 0.717) is 19.8 Å². The molecule has 1 aliphatic heterocycles. The van der Waals surface area contributed by atoms with Crippen molar-refractivity contribution in [1.29, 1.82) is 0 Å². The van der Waals surface area contributed by atoms with Gasteiger partial charge in [0.25, 0.3) is 0 Å². The molecule has 4 N–H and O–H groups in total. The predicted octanol–water partition coefficient (Wildman–Crippen LogP) is 1.72.